The van der Waals surface area contributed by atoms with Crippen LogP contribution in [0.25, 0.3) is 0 Å². The largest absolute Gasteiger partial charge is 0.494 e. The van der Waals surface area contributed by atoms with E-state index in [4.69, 9.17) is 52.5 Å². The maximum absolute atomic E-state index is 13.0. The van der Waals surface area contributed by atoms with Crippen LogP contribution >= 0.6 is 0 Å². The van der Waals surface area contributed by atoms with Crippen molar-refractivity contribution in [2.45, 2.75) is 70.3 Å². The van der Waals surface area contributed by atoms with E-state index in [-0.39, 0.29) is 43.2 Å². The molecule has 1 aliphatic carbocycles. The van der Waals surface area contributed by atoms with Gasteiger partial charge in [-0.3, -0.25) is 19.2 Å². The molecule has 65 heavy (non-hydrogen) atoms. The number of benzene rings is 2. The maximum Gasteiger partial charge on any atom is 0.306 e. The van der Waals surface area contributed by atoms with Crippen LogP contribution in [0.2, 0.25) is 0 Å². The molecule has 3 N–H and O–H groups in total. The first-order chi connectivity index (χ1) is 31.9. The van der Waals surface area contributed by atoms with E-state index in [1.807, 2.05) is 12.1 Å². The van der Waals surface area contributed by atoms with Gasteiger partial charge in [-0.2, -0.15) is 0 Å². The van der Waals surface area contributed by atoms with Crippen molar-refractivity contribution in [3.05, 3.63) is 71.8 Å². The Morgan fingerprint density at radius 1 is 0.523 bits per heavy atom. The maximum atomic E-state index is 13.0. The second-order valence-corrected chi connectivity index (χ2v) is 14.9. The standard InChI is InChI=1S/C48H72N2O15/c51-45(19-25-57-29-33-61-37-36-60-32-28-56-23-6-10-47(54)65-44-8-4-2-1-3-5-9-44)50-21-7-24-64-43-17-13-41(14-18-43)48(55)40-11-15-42(16-12-40)49-22-27-59-31-35-63-39-38-62-34-30-58-26-20-46(52)53/h1-2,11-18,44,49H,3-10,19-39H2,(H,50,51)(H,52,53)/b2-1+. The molecule has 3 rings (SSSR count). The lowest BCUT2D eigenvalue weighted by molar-refractivity contribution is -0.150. The number of carbonyl (C=O) groups is 4. The highest BCUT2D eigenvalue weighted by atomic mass is 16.6. The molecule has 17 heteroatoms. The van der Waals surface area contributed by atoms with E-state index >= 15 is 0 Å². The van der Waals surface area contributed by atoms with Crippen LogP contribution in [0, 0.1) is 0 Å². The quantitative estimate of drug-likeness (QED) is 0.0330. The number of hydrogen-bond donors (Lipinski definition) is 3. The smallest absolute Gasteiger partial charge is 0.306 e. The molecule has 2 aromatic rings. The summed E-state index contributed by atoms with van der Waals surface area (Å²) in [5, 5.41) is 14.7. The van der Waals surface area contributed by atoms with Gasteiger partial charge in [0.15, 0.2) is 5.78 Å². The van der Waals surface area contributed by atoms with Crippen molar-refractivity contribution in [2.24, 2.45) is 0 Å². The highest BCUT2D eigenvalue weighted by Gasteiger charge is 2.15. The normalized spacial score (nSPS) is 14.2. The second-order valence-electron chi connectivity index (χ2n) is 14.9. The third-order valence-electron chi connectivity index (χ3n) is 9.60. The van der Waals surface area contributed by atoms with Crippen LogP contribution in [0.3, 0.4) is 0 Å². The Kier molecular flexibility index (Phi) is 31.8. The minimum atomic E-state index is -0.886. The zero-order valence-corrected chi connectivity index (χ0v) is 38.0. The summed E-state index contributed by atoms with van der Waals surface area (Å²) in [5.41, 5.74) is 2.00. The average molecular weight is 917 g/mol. The Labute approximate surface area is 384 Å². The van der Waals surface area contributed by atoms with Crippen molar-refractivity contribution in [1.29, 1.82) is 0 Å². The Balaban J connectivity index is 1.06. The summed E-state index contributed by atoms with van der Waals surface area (Å²) in [6.45, 7) is 7.98. The number of carboxylic acid groups (broad SMARTS) is 1. The molecule has 1 aliphatic rings. The molecule has 0 heterocycles. The molecule has 0 spiro atoms. The number of nitrogens with one attached hydrogen (secondary N) is 2. The number of allylic oxidation sites excluding steroid dienone is 2. The average Bonchev–Trinajstić information content (AvgIpc) is 3.29. The molecule has 0 saturated carbocycles. The van der Waals surface area contributed by atoms with Gasteiger partial charge >= 0.3 is 11.9 Å². The first kappa shape index (κ1) is 54.9. The van der Waals surface area contributed by atoms with Gasteiger partial charge in [-0.25, -0.2) is 0 Å². The van der Waals surface area contributed by atoms with E-state index < -0.39 is 5.97 Å². The number of aliphatic carboxylic acids is 1. The first-order valence-electron chi connectivity index (χ1n) is 23.0. The van der Waals surface area contributed by atoms with Gasteiger partial charge in [0.25, 0.3) is 0 Å². The van der Waals surface area contributed by atoms with Crippen molar-refractivity contribution in [3.8, 4) is 5.75 Å². The van der Waals surface area contributed by atoms with Crippen molar-refractivity contribution >= 4 is 29.3 Å². The fraction of sp³-hybridized carbons (Fsp3) is 0.625. The summed E-state index contributed by atoms with van der Waals surface area (Å²) in [6, 6.07) is 14.3. The number of carboxylic acids is 1. The van der Waals surface area contributed by atoms with Crippen molar-refractivity contribution in [2.75, 3.05) is 131 Å². The third-order valence-corrected chi connectivity index (χ3v) is 9.60. The molecule has 2 aromatic carbocycles. The Morgan fingerprint density at radius 2 is 1.05 bits per heavy atom. The van der Waals surface area contributed by atoms with E-state index in [2.05, 4.69) is 22.8 Å². The fourth-order valence-corrected chi connectivity index (χ4v) is 6.11. The van der Waals surface area contributed by atoms with Crippen LogP contribution < -0.4 is 15.4 Å². The van der Waals surface area contributed by atoms with Crippen LogP contribution in [0.15, 0.2) is 60.7 Å². The Bertz CT molecular complexity index is 1580. The zero-order valence-electron chi connectivity index (χ0n) is 38.0. The lowest BCUT2D eigenvalue weighted by Gasteiger charge is -2.18. The molecule has 1 amide bonds. The molecule has 0 saturated heterocycles. The number of carbonyl (C=O) groups excluding carboxylic acids is 3. The van der Waals surface area contributed by atoms with Gasteiger partial charge in [0.2, 0.25) is 5.91 Å². The van der Waals surface area contributed by atoms with E-state index in [0.717, 1.165) is 37.8 Å². The monoisotopic (exact) mass is 916 g/mol. The molecule has 17 nitrogen and oxygen atoms in total. The second kappa shape index (κ2) is 37.7. The summed E-state index contributed by atoms with van der Waals surface area (Å²) in [7, 11) is 0. The summed E-state index contributed by atoms with van der Waals surface area (Å²) in [6.07, 6.45) is 11.2. The van der Waals surface area contributed by atoms with Crippen molar-refractivity contribution in [1.82, 2.24) is 5.32 Å². The third kappa shape index (κ3) is 29.6. The number of ether oxygens (including phenoxy) is 10. The highest BCUT2D eigenvalue weighted by molar-refractivity contribution is 6.09. The Hall–Kier alpha value is -4.46. The molecule has 0 aromatic heterocycles. The summed E-state index contributed by atoms with van der Waals surface area (Å²) >= 11 is 0. The number of esters is 1. The molecule has 1 atom stereocenters. The molecular weight excluding hydrogens is 845 g/mol. The van der Waals surface area contributed by atoms with Crippen LogP contribution in [0.1, 0.15) is 80.1 Å². The predicted octanol–water partition coefficient (Wildman–Crippen LogP) is 5.42. The van der Waals surface area contributed by atoms with Gasteiger partial charge < -0.3 is 63.1 Å². The van der Waals surface area contributed by atoms with Gasteiger partial charge in [-0.1, -0.05) is 12.2 Å². The van der Waals surface area contributed by atoms with E-state index in [1.165, 1.54) is 0 Å². The Morgan fingerprint density at radius 3 is 1.65 bits per heavy atom. The highest BCUT2D eigenvalue weighted by Crippen LogP contribution is 2.18. The molecular formula is C48H72N2O15. The van der Waals surface area contributed by atoms with Crippen LogP contribution in [0.5, 0.6) is 5.75 Å². The zero-order chi connectivity index (χ0) is 46.3. The first-order valence-corrected chi connectivity index (χ1v) is 23.0. The van der Waals surface area contributed by atoms with Crippen LogP contribution in [0.4, 0.5) is 5.69 Å². The van der Waals surface area contributed by atoms with Crippen molar-refractivity contribution in [3.63, 3.8) is 0 Å². The fourth-order valence-electron chi connectivity index (χ4n) is 6.11. The van der Waals surface area contributed by atoms with E-state index in [0.29, 0.717) is 155 Å². The van der Waals surface area contributed by atoms with Crippen LogP contribution in [-0.4, -0.2) is 160 Å². The van der Waals surface area contributed by atoms with Crippen LogP contribution in [-0.2, 0) is 57.0 Å². The lowest BCUT2D eigenvalue weighted by atomic mass is 10.0. The van der Waals surface area contributed by atoms with Crippen molar-refractivity contribution < 1.29 is 71.7 Å². The van der Waals surface area contributed by atoms with Gasteiger partial charge in [0.05, 0.1) is 112 Å². The summed E-state index contributed by atoms with van der Waals surface area (Å²) in [4.78, 5) is 47.7. The topological polar surface area (TPSA) is 205 Å². The van der Waals surface area contributed by atoms with E-state index in [9.17, 15) is 19.2 Å². The molecule has 0 radical (unpaired) electrons. The molecule has 0 bridgehead atoms. The molecule has 364 valence electrons. The van der Waals surface area contributed by atoms with Gasteiger partial charge in [-0.05, 0) is 93.5 Å². The summed E-state index contributed by atoms with van der Waals surface area (Å²) in [5.74, 6) is -0.583. The predicted molar refractivity (Wildman–Crippen MR) is 243 cm³/mol. The number of anilines is 1. The van der Waals surface area contributed by atoms with Gasteiger partial charge in [-0.15, -0.1) is 0 Å². The lowest BCUT2D eigenvalue weighted by Crippen LogP contribution is -2.26. The minimum Gasteiger partial charge on any atom is -0.494 e. The van der Waals surface area contributed by atoms with Gasteiger partial charge in [0, 0.05) is 49.4 Å². The molecule has 0 fully saturated rings. The SMILES string of the molecule is O=C(O)CCOCCOCCOCCOCCNc1ccc(C(=O)c2ccc(OCCCNC(=O)CCOCCOCCOCCOCCCC(=O)OC3CC/C=C/CCC3)cc2)cc1. The van der Waals surface area contributed by atoms with E-state index in [1.54, 1.807) is 36.4 Å². The molecule has 1 unspecified atom stereocenters. The number of ketones is 1. The number of rotatable bonds is 40. The van der Waals surface area contributed by atoms with Gasteiger partial charge in [0.1, 0.15) is 11.9 Å². The number of amides is 1. The number of hydrogen-bond acceptors (Lipinski definition) is 15. The minimum absolute atomic E-state index is 0.0187. The summed E-state index contributed by atoms with van der Waals surface area (Å²) < 4.78 is 55.0. The molecule has 0 aliphatic heterocycles.